The van der Waals surface area contributed by atoms with E-state index in [2.05, 4.69) is 11.8 Å². The lowest BCUT2D eigenvalue weighted by atomic mass is 9.85. The molecule has 2 aliphatic heterocycles. The standard InChI is InChI=1S/C13H26N2O2/c1-11-3-5-15(7-12(11)16-2)9-13(8-14)4-6-17-10-13/h11-12H,3-10,14H2,1-2H3. The van der Waals surface area contributed by atoms with Gasteiger partial charge >= 0.3 is 0 Å². The molecule has 2 saturated heterocycles. The quantitative estimate of drug-likeness (QED) is 0.789. The lowest BCUT2D eigenvalue weighted by molar-refractivity contribution is -0.0183. The maximum absolute atomic E-state index is 5.94. The molecule has 4 nitrogen and oxygen atoms in total. The van der Waals surface area contributed by atoms with Crippen LogP contribution in [-0.4, -0.2) is 57.5 Å². The molecule has 0 aromatic heterocycles. The first-order valence-electron chi connectivity index (χ1n) is 6.72. The van der Waals surface area contributed by atoms with Gasteiger partial charge in [0, 0.05) is 38.8 Å². The molecule has 100 valence electrons. The van der Waals surface area contributed by atoms with Gasteiger partial charge in [-0.15, -0.1) is 0 Å². The third-order valence-corrected chi connectivity index (χ3v) is 4.45. The number of likely N-dealkylation sites (tertiary alicyclic amines) is 1. The summed E-state index contributed by atoms with van der Waals surface area (Å²) in [6.45, 7) is 7.99. The molecule has 0 aliphatic carbocycles. The Bertz CT molecular complexity index is 242. The van der Waals surface area contributed by atoms with E-state index in [0.717, 1.165) is 39.3 Å². The molecule has 0 amide bonds. The van der Waals surface area contributed by atoms with Gasteiger partial charge in [0.1, 0.15) is 0 Å². The number of ether oxygens (including phenoxy) is 2. The number of hydrogen-bond acceptors (Lipinski definition) is 4. The maximum Gasteiger partial charge on any atom is 0.0724 e. The van der Waals surface area contributed by atoms with Crippen LogP contribution >= 0.6 is 0 Å². The van der Waals surface area contributed by atoms with Gasteiger partial charge in [0.15, 0.2) is 0 Å². The number of piperidine rings is 1. The Kier molecular flexibility index (Phi) is 4.42. The lowest BCUT2D eigenvalue weighted by Gasteiger charge is -2.40. The van der Waals surface area contributed by atoms with Crippen molar-refractivity contribution >= 4 is 0 Å². The van der Waals surface area contributed by atoms with Crippen molar-refractivity contribution in [2.24, 2.45) is 17.1 Å². The summed E-state index contributed by atoms with van der Waals surface area (Å²) in [6, 6.07) is 0. The molecule has 4 heteroatoms. The van der Waals surface area contributed by atoms with Gasteiger partial charge in [-0.2, -0.15) is 0 Å². The minimum atomic E-state index is 0.193. The predicted octanol–water partition coefficient (Wildman–Crippen LogP) is 0.709. The van der Waals surface area contributed by atoms with Crippen molar-refractivity contribution in [3.8, 4) is 0 Å². The molecule has 3 unspecified atom stereocenters. The van der Waals surface area contributed by atoms with Crippen molar-refractivity contribution < 1.29 is 9.47 Å². The summed E-state index contributed by atoms with van der Waals surface area (Å²) in [4.78, 5) is 2.51. The third-order valence-electron chi connectivity index (χ3n) is 4.45. The number of nitrogens with zero attached hydrogens (tertiary/aromatic N) is 1. The van der Waals surface area contributed by atoms with Gasteiger partial charge in [0.05, 0.1) is 12.7 Å². The van der Waals surface area contributed by atoms with Crippen LogP contribution in [0.4, 0.5) is 0 Å². The fourth-order valence-electron chi connectivity index (χ4n) is 3.02. The zero-order valence-corrected chi connectivity index (χ0v) is 11.2. The minimum Gasteiger partial charge on any atom is -0.381 e. The first-order valence-corrected chi connectivity index (χ1v) is 6.72. The smallest absolute Gasteiger partial charge is 0.0724 e. The molecule has 2 heterocycles. The van der Waals surface area contributed by atoms with E-state index in [1.54, 1.807) is 0 Å². The van der Waals surface area contributed by atoms with Crippen LogP contribution in [-0.2, 0) is 9.47 Å². The third kappa shape index (κ3) is 2.99. The molecule has 0 aromatic carbocycles. The molecule has 2 fully saturated rings. The number of nitrogens with two attached hydrogens (primary N) is 1. The summed E-state index contributed by atoms with van der Waals surface area (Å²) >= 11 is 0. The van der Waals surface area contributed by atoms with Crippen molar-refractivity contribution in [3.05, 3.63) is 0 Å². The Morgan fingerprint density at radius 3 is 2.94 bits per heavy atom. The van der Waals surface area contributed by atoms with Crippen LogP contribution in [0.1, 0.15) is 19.8 Å². The van der Waals surface area contributed by atoms with Crippen LogP contribution < -0.4 is 5.73 Å². The normalized spacial score (nSPS) is 39.7. The first-order chi connectivity index (χ1) is 8.19. The largest absolute Gasteiger partial charge is 0.381 e. The number of methoxy groups -OCH3 is 1. The van der Waals surface area contributed by atoms with E-state index in [-0.39, 0.29) is 5.41 Å². The molecule has 0 radical (unpaired) electrons. The summed E-state index contributed by atoms with van der Waals surface area (Å²) in [5.74, 6) is 0.671. The predicted molar refractivity (Wildman–Crippen MR) is 67.9 cm³/mol. The second-order valence-corrected chi connectivity index (χ2v) is 5.78. The molecule has 2 N–H and O–H groups in total. The van der Waals surface area contributed by atoms with Crippen LogP contribution in [0.25, 0.3) is 0 Å². The summed E-state index contributed by atoms with van der Waals surface area (Å²) in [5, 5.41) is 0. The average molecular weight is 242 g/mol. The average Bonchev–Trinajstić information content (AvgIpc) is 2.81. The molecular weight excluding hydrogens is 216 g/mol. The van der Waals surface area contributed by atoms with E-state index in [1.165, 1.54) is 13.0 Å². The molecular formula is C13H26N2O2. The van der Waals surface area contributed by atoms with Gasteiger partial charge in [0.25, 0.3) is 0 Å². The first kappa shape index (κ1) is 13.3. The maximum atomic E-state index is 5.94. The Labute approximate surface area is 104 Å². The fourth-order valence-corrected chi connectivity index (χ4v) is 3.02. The molecule has 17 heavy (non-hydrogen) atoms. The monoisotopic (exact) mass is 242 g/mol. The Hall–Kier alpha value is -0.160. The van der Waals surface area contributed by atoms with Gasteiger partial charge in [-0.25, -0.2) is 0 Å². The van der Waals surface area contributed by atoms with E-state index < -0.39 is 0 Å². The van der Waals surface area contributed by atoms with Crippen molar-refractivity contribution in [1.29, 1.82) is 0 Å². The highest BCUT2D eigenvalue weighted by molar-refractivity contribution is 4.90. The van der Waals surface area contributed by atoms with Crippen LogP contribution in [0.2, 0.25) is 0 Å². The minimum absolute atomic E-state index is 0.193. The van der Waals surface area contributed by atoms with E-state index >= 15 is 0 Å². The summed E-state index contributed by atoms with van der Waals surface area (Å²) in [5.41, 5.74) is 6.14. The van der Waals surface area contributed by atoms with Crippen LogP contribution in [0.5, 0.6) is 0 Å². The Balaban J connectivity index is 1.90. The van der Waals surface area contributed by atoms with Crippen LogP contribution in [0, 0.1) is 11.3 Å². The summed E-state index contributed by atoms with van der Waals surface area (Å²) < 4.78 is 11.1. The number of rotatable bonds is 4. The van der Waals surface area contributed by atoms with Gasteiger partial charge < -0.3 is 20.1 Å². The van der Waals surface area contributed by atoms with Crippen molar-refractivity contribution in [2.75, 3.05) is 46.5 Å². The molecule has 0 saturated carbocycles. The molecule has 2 aliphatic rings. The van der Waals surface area contributed by atoms with Crippen molar-refractivity contribution in [2.45, 2.75) is 25.9 Å². The molecule has 0 aromatic rings. The van der Waals surface area contributed by atoms with Gasteiger partial charge in [-0.3, -0.25) is 0 Å². The highest BCUT2D eigenvalue weighted by Crippen LogP contribution is 2.30. The molecule has 0 spiro atoms. The molecule has 3 atom stereocenters. The van der Waals surface area contributed by atoms with E-state index in [9.17, 15) is 0 Å². The number of hydrogen-bond donors (Lipinski definition) is 1. The van der Waals surface area contributed by atoms with Crippen LogP contribution in [0.3, 0.4) is 0 Å². The second kappa shape index (κ2) is 5.65. The van der Waals surface area contributed by atoms with E-state index in [1.807, 2.05) is 7.11 Å². The SMILES string of the molecule is COC1CN(CC2(CN)CCOC2)CCC1C. The summed E-state index contributed by atoms with van der Waals surface area (Å²) in [7, 11) is 1.82. The van der Waals surface area contributed by atoms with Gasteiger partial charge in [-0.05, 0) is 25.3 Å². The zero-order valence-electron chi connectivity index (χ0n) is 11.2. The Morgan fingerprint density at radius 2 is 2.35 bits per heavy atom. The zero-order chi connectivity index (χ0) is 12.3. The van der Waals surface area contributed by atoms with Crippen molar-refractivity contribution in [1.82, 2.24) is 4.90 Å². The van der Waals surface area contributed by atoms with Crippen molar-refractivity contribution in [3.63, 3.8) is 0 Å². The fraction of sp³-hybridized carbons (Fsp3) is 1.00. The van der Waals surface area contributed by atoms with Gasteiger partial charge in [0.2, 0.25) is 0 Å². The van der Waals surface area contributed by atoms with E-state index in [0.29, 0.717) is 12.0 Å². The topological polar surface area (TPSA) is 47.7 Å². The van der Waals surface area contributed by atoms with E-state index in [4.69, 9.17) is 15.2 Å². The summed E-state index contributed by atoms with van der Waals surface area (Å²) in [6.07, 6.45) is 2.70. The highest BCUT2D eigenvalue weighted by atomic mass is 16.5. The Morgan fingerprint density at radius 1 is 1.53 bits per heavy atom. The molecule has 0 bridgehead atoms. The second-order valence-electron chi connectivity index (χ2n) is 5.78. The van der Waals surface area contributed by atoms with Crippen LogP contribution in [0.15, 0.2) is 0 Å². The highest BCUT2D eigenvalue weighted by Gasteiger charge is 2.37. The van der Waals surface area contributed by atoms with Gasteiger partial charge in [-0.1, -0.05) is 6.92 Å². The lowest BCUT2D eigenvalue weighted by Crippen LogP contribution is -2.50. The molecule has 2 rings (SSSR count).